The Morgan fingerprint density at radius 1 is 1.27 bits per heavy atom. The highest BCUT2D eigenvalue weighted by Crippen LogP contribution is 2.14. The molecular formula is C14H21N. The van der Waals surface area contributed by atoms with Gasteiger partial charge >= 0.3 is 0 Å². The van der Waals surface area contributed by atoms with Crippen LogP contribution < -0.4 is 10.6 Å². The second-order valence-electron chi connectivity index (χ2n) is 4.46. The smallest absolute Gasteiger partial charge is 0.0439 e. The molecule has 2 rings (SSSR count). The van der Waals surface area contributed by atoms with E-state index in [4.69, 9.17) is 0 Å². The first-order valence-corrected chi connectivity index (χ1v) is 6.17. The van der Waals surface area contributed by atoms with Crippen LogP contribution in [0, 0.1) is 0 Å². The molecule has 82 valence electrons. The second kappa shape index (κ2) is 4.26. The molecule has 0 saturated carbocycles. The summed E-state index contributed by atoms with van der Waals surface area (Å²) in [5, 5.41) is 2.97. The molecule has 0 aromatic carbocycles. The first-order valence-electron chi connectivity index (χ1n) is 6.17. The predicted molar refractivity (Wildman–Crippen MR) is 66.2 cm³/mol. The van der Waals surface area contributed by atoms with Gasteiger partial charge in [-0.15, -0.1) is 0 Å². The lowest BCUT2D eigenvalue weighted by Crippen LogP contribution is -2.32. The number of aryl methyl sites for hydroxylation is 1. The Morgan fingerprint density at radius 2 is 2.00 bits per heavy atom. The lowest BCUT2D eigenvalue weighted by atomic mass is 9.98. The largest absolute Gasteiger partial charge is 0.348 e. The van der Waals surface area contributed by atoms with Crippen LogP contribution in [0.4, 0.5) is 0 Å². The molecule has 0 spiro atoms. The quantitative estimate of drug-likeness (QED) is 0.711. The van der Waals surface area contributed by atoms with E-state index in [9.17, 15) is 0 Å². The van der Waals surface area contributed by atoms with Crippen molar-refractivity contribution in [3.63, 3.8) is 0 Å². The zero-order chi connectivity index (χ0) is 10.8. The molecular weight excluding hydrogens is 182 g/mol. The normalized spacial score (nSPS) is 16.5. The second-order valence-corrected chi connectivity index (χ2v) is 4.46. The minimum absolute atomic E-state index is 0.689. The van der Waals surface area contributed by atoms with Gasteiger partial charge in [0.2, 0.25) is 0 Å². The van der Waals surface area contributed by atoms with Crippen molar-refractivity contribution in [2.75, 3.05) is 0 Å². The Morgan fingerprint density at radius 3 is 2.67 bits per heavy atom. The molecule has 1 atom stereocenters. The van der Waals surface area contributed by atoms with E-state index in [2.05, 4.69) is 43.7 Å². The van der Waals surface area contributed by atoms with Crippen molar-refractivity contribution in [3.05, 3.63) is 22.3 Å². The van der Waals surface area contributed by atoms with Crippen LogP contribution in [0.5, 0.6) is 0 Å². The van der Waals surface area contributed by atoms with E-state index in [1.165, 1.54) is 29.8 Å². The van der Waals surface area contributed by atoms with Crippen molar-refractivity contribution in [3.8, 4) is 0 Å². The summed E-state index contributed by atoms with van der Waals surface area (Å²) in [5.41, 5.74) is 1.55. The van der Waals surface area contributed by atoms with Gasteiger partial charge in [0.25, 0.3) is 0 Å². The van der Waals surface area contributed by atoms with Crippen LogP contribution in [0.1, 0.15) is 51.5 Å². The van der Waals surface area contributed by atoms with Gasteiger partial charge in [-0.25, -0.2) is 0 Å². The molecule has 1 aliphatic carbocycles. The highest BCUT2D eigenvalue weighted by molar-refractivity contribution is 5.40. The summed E-state index contributed by atoms with van der Waals surface area (Å²) in [6, 6.07) is 0. The maximum absolute atomic E-state index is 2.42. The van der Waals surface area contributed by atoms with Crippen LogP contribution in [-0.4, -0.2) is 4.57 Å². The SMILES string of the molecule is CCC(C)c1cn(CC)c2c1=CCCC=2. The third-order valence-corrected chi connectivity index (χ3v) is 3.53. The predicted octanol–water partition coefficient (Wildman–Crippen LogP) is 2.38. The summed E-state index contributed by atoms with van der Waals surface area (Å²) in [4.78, 5) is 0. The van der Waals surface area contributed by atoms with E-state index in [1.54, 1.807) is 5.56 Å². The number of hydrogen-bond acceptors (Lipinski definition) is 0. The average molecular weight is 203 g/mol. The number of nitrogens with zero attached hydrogens (tertiary/aromatic N) is 1. The lowest BCUT2D eigenvalue weighted by Gasteiger charge is -2.06. The van der Waals surface area contributed by atoms with E-state index in [-0.39, 0.29) is 0 Å². The number of aromatic nitrogens is 1. The molecule has 0 N–H and O–H groups in total. The highest BCUT2D eigenvalue weighted by Gasteiger charge is 2.10. The first-order chi connectivity index (χ1) is 7.27. The topological polar surface area (TPSA) is 4.93 Å². The summed E-state index contributed by atoms with van der Waals surface area (Å²) in [7, 11) is 0. The fraction of sp³-hybridized carbons (Fsp3) is 0.571. The van der Waals surface area contributed by atoms with E-state index in [0.717, 1.165) is 6.54 Å². The minimum atomic E-state index is 0.689. The fourth-order valence-electron chi connectivity index (χ4n) is 2.38. The van der Waals surface area contributed by atoms with Gasteiger partial charge in [-0.3, -0.25) is 0 Å². The summed E-state index contributed by atoms with van der Waals surface area (Å²) >= 11 is 0. The average Bonchev–Trinajstić information content (AvgIpc) is 2.67. The molecule has 15 heavy (non-hydrogen) atoms. The molecule has 0 fully saturated rings. The van der Waals surface area contributed by atoms with Gasteiger partial charge in [0.05, 0.1) is 0 Å². The van der Waals surface area contributed by atoms with Crippen molar-refractivity contribution in [2.45, 2.75) is 52.5 Å². The molecule has 0 aliphatic heterocycles. The van der Waals surface area contributed by atoms with E-state index < -0.39 is 0 Å². The van der Waals surface area contributed by atoms with Crippen LogP contribution in [0.15, 0.2) is 6.20 Å². The van der Waals surface area contributed by atoms with Crippen LogP contribution >= 0.6 is 0 Å². The van der Waals surface area contributed by atoms with Gasteiger partial charge in [-0.1, -0.05) is 26.0 Å². The molecule has 0 amide bonds. The standard InChI is InChI=1S/C14H21N/c1-4-11(3)13-10-15(5-2)14-9-7-6-8-12(13)14/h8-11H,4-7H2,1-3H3. The molecule has 1 aromatic rings. The summed E-state index contributed by atoms with van der Waals surface area (Å²) in [5.74, 6) is 0.689. The Kier molecular flexibility index (Phi) is 2.99. The molecule has 1 unspecified atom stereocenters. The van der Waals surface area contributed by atoms with Crippen molar-refractivity contribution < 1.29 is 0 Å². The highest BCUT2D eigenvalue weighted by atomic mass is 14.9. The number of rotatable bonds is 3. The van der Waals surface area contributed by atoms with Crippen LogP contribution in [0.25, 0.3) is 12.2 Å². The van der Waals surface area contributed by atoms with Gasteiger partial charge < -0.3 is 4.57 Å². The Bertz CT molecular complexity index is 450. The third-order valence-electron chi connectivity index (χ3n) is 3.53. The number of hydrogen-bond donors (Lipinski definition) is 0. The van der Waals surface area contributed by atoms with Crippen LogP contribution in [-0.2, 0) is 6.54 Å². The van der Waals surface area contributed by atoms with Gasteiger partial charge in [-0.05, 0) is 42.9 Å². The van der Waals surface area contributed by atoms with E-state index in [1.807, 2.05) is 0 Å². The Hall–Kier alpha value is -0.980. The maximum atomic E-state index is 2.42. The summed E-state index contributed by atoms with van der Waals surface area (Å²) < 4.78 is 2.40. The minimum Gasteiger partial charge on any atom is -0.348 e. The third kappa shape index (κ3) is 1.75. The van der Waals surface area contributed by atoms with Crippen molar-refractivity contribution in [1.82, 2.24) is 4.57 Å². The van der Waals surface area contributed by atoms with Gasteiger partial charge in [-0.2, -0.15) is 0 Å². The molecule has 0 bridgehead atoms. The van der Waals surface area contributed by atoms with Gasteiger partial charge in [0.15, 0.2) is 0 Å². The Labute approximate surface area is 92.1 Å². The van der Waals surface area contributed by atoms with Crippen molar-refractivity contribution in [1.29, 1.82) is 0 Å². The molecule has 1 heteroatoms. The van der Waals surface area contributed by atoms with Crippen molar-refractivity contribution in [2.24, 2.45) is 0 Å². The fourth-order valence-corrected chi connectivity index (χ4v) is 2.38. The van der Waals surface area contributed by atoms with Gasteiger partial charge in [0, 0.05) is 18.1 Å². The zero-order valence-electron chi connectivity index (χ0n) is 10.1. The maximum Gasteiger partial charge on any atom is 0.0439 e. The monoisotopic (exact) mass is 203 g/mol. The van der Waals surface area contributed by atoms with Gasteiger partial charge in [0.1, 0.15) is 0 Å². The van der Waals surface area contributed by atoms with E-state index in [0.29, 0.717) is 5.92 Å². The molecule has 1 heterocycles. The van der Waals surface area contributed by atoms with Crippen LogP contribution in [0.2, 0.25) is 0 Å². The number of fused-ring (bicyclic) bond motifs is 1. The molecule has 0 saturated heterocycles. The molecule has 1 aromatic heterocycles. The van der Waals surface area contributed by atoms with E-state index >= 15 is 0 Å². The summed E-state index contributed by atoms with van der Waals surface area (Å²) in [6.07, 6.45) is 10.8. The first kappa shape index (κ1) is 10.5. The Balaban J connectivity index is 2.64. The van der Waals surface area contributed by atoms with Crippen molar-refractivity contribution >= 4 is 12.2 Å². The molecule has 1 aliphatic rings. The zero-order valence-corrected chi connectivity index (χ0v) is 10.1. The lowest BCUT2D eigenvalue weighted by molar-refractivity contribution is 0.712. The molecule has 1 nitrogen and oxygen atoms in total. The van der Waals surface area contributed by atoms with Crippen LogP contribution in [0.3, 0.4) is 0 Å². The molecule has 0 radical (unpaired) electrons. The summed E-state index contributed by atoms with van der Waals surface area (Å²) in [6.45, 7) is 7.91.